The van der Waals surface area contributed by atoms with Gasteiger partial charge in [0.2, 0.25) is 5.91 Å². The van der Waals surface area contributed by atoms with Gasteiger partial charge in [0.25, 0.3) is 11.1 Å². The van der Waals surface area contributed by atoms with E-state index in [1.54, 1.807) is 22.9 Å². The van der Waals surface area contributed by atoms with E-state index in [4.69, 9.17) is 4.98 Å². The first-order valence-electron chi connectivity index (χ1n) is 9.88. The molecule has 10 heteroatoms. The number of likely N-dealkylation sites (tertiary alicyclic amines) is 1. The zero-order valence-corrected chi connectivity index (χ0v) is 18.5. The molecule has 2 aliphatic rings. The van der Waals surface area contributed by atoms with Crippen molar-refractivity contribution < 1.29 is 14.4 Å². The van der Waals surface area contributed by atoms with Crippen LogP contribution in [0.3, 0.4) is 0 Å². The number of rotatable bonds is 5. The minimum atomic E-state index is -0.515. The van der Waals surface area contributed by atoms with Crippen LogP contribution >= 0.6 is 23.5 Å². The number of piperidine rings is 1. The van der Waals surface area contributed by atoms with Crippen LogP contribution in [-0.4, -0.2) is 50.0 Å². The molecule has 0 aliphatic carbocycles. The van der Waals surface area contributed by atoms with E-state index in [1.807, 2.05) is 31.5 Å². The van der Waals surface area contributed by atoms with Gasteiger partial charge in [0, 0.05) is 49.4 Å². The number of thioether (sulfide) groups is 2. The van der Waals surface area contributed by atoms with E-state index in [2.05, 4.69) is 15.3 Å². The third kappa shape index (κ3) is 5.31. The van der Waals surface area contributed by atoms with Crippen molar-refractivity contribution in [2.45, 2.75) is 36.6 Å². The molecule has 2 saturated heterocycles. The average Bonchev–Trinajstić information content (AvgIpc) is 3.10. The van der Waals surface area contributed by atoms with Crippen LogP contribution < -0.4 is 5.32 Å². The van der Waals surface area contributed by atoms with Gasteiger partial charge in [0.15, 0.2) is 5.16 Å². The largest absolute Gasteiger partial charge is 0.338 e. The predicted octanol–water partition coefficient (Wildman–Crippen LogP) is 3.05. The zero-order valence-electron chi connectivity index (χ0n) is 16.9. The summed E-state index contributed by atoms with van der Waals surface area (Å²) in [5, 5.41) is 2.42. The molecular weight excluding hydrogens is 434 g/mol. The summed E-state index contributed by atoms with van der Waals surface area (Å²) >= 11 is 2.32. The lowest BCUT2D eigenvalue weighted by Crippen LogP contribution is -2.39. The summed E-state index contributed by atoms with van der Waals surface area (Å²) in [6.45, 7) is 3.12. The molecule has 8 nitrogen and oxygen atoms in total. The summed E-state index contributed by atoms with van der Waals surface area (Å²) in [4.78, 5) is 51.0. The normalized spacial score (nSPS) is 20.2. The van der Waals surface area contributed by atoms with Gasteiger partial charge in [-0.3, -0.25) is 24.7 Å². The van der Waals surface area contributed by atoms with Gasteiger partial charge >= 0.3 is 0 Å². The van der Waals surface area contributed by atoms with E-state index in [9.17, 15) is 14.4 Å². The summed E-state index contributed by atoms with van der Waals surface area (Å²) in [5.74, 6) is 0.0646. The molecule has 1 atom stereocenters. The Kier molecular flexibility index (Phi) is 6.67. The fraction of sp³-hybridized carbons (Fsp3) is 0.333. The highest BCUT2D eigenvalue weighted by Gasteiger charge is 2.30. The summed E-state index contributed by atoms with van der Waals surface area (Å²) in [6, 6.07) is 3.93. The molecule has 0 spiro atoms. The molecule has 4 rings (SSSR count). The fourth-order valence-electron chi connectivity index (χ4n) is 3.58. The molecule has 3 amide bonds. The molecule has 2 aliphatic heterocycles. The van der Waals surface area contributed by atoms with E-state index in [0.717, 1.165) is 47.2 Å². The molecule has 31 heavy (non-hydrogen) atoms. The Morgan fingerprint density at radius 2 is 2.26 bits per heavy atom. The van der Waals surface area contributed by atoms with Gasteiger partial charge < -0.3 is 4.90 Å². The molecule has 4 heterocycles. The van der Waals surface area contributed by atoms with Crippen LogP contribution in [0.15, 0.2) is 46.9 Å². The van der Waals surface area contributed by atoms with Crippen molar-refractivity contribution in [3.63, 3.8) is 0 Å². The second-order valence-corrected chi connectivity index (χ2v) is 9.30. The maximum Gasteiger partial charge on any atom is 0.290 e. The van der Waals surface area contributed by atoms with E-state index < -0.39 is 11.1 Å². The number of imide groups is 1. The number of carbonyl (C=O) groups excluding carboxylic acids is 3. The number of nitrogens with zero attached hydrogens (tertiary/aromatic N) is 4. The van der Waals surface area contributed by atoms with E-state index in [0.29, 0.717) is 18.2 Å². The van der Waals surface area contributed by atoms with Crippen molar-refractivity contribution in [3.05, 3.63) is 58.5 Å². The van der Waals surface area contributed by atoms with Crippen LogP contribution in [0, 0.1) is 6.92 Å². The number of hydrogen-bond donors (Lipinski definition) is 1. The third-order valence-electron chi connectivity index (χ3n) is 5.10. The Bertz CT molecular complexity index is 1040. The number of aryl methyl sites for hydroxylation is 1. The molecule has 0 saturated carbocycles. The van der Waals surface area contributed by atoms with Crippen molar-refractivity contribution >= 4 is 40.6 Å². The summed E-state index contributed by atoms with van der Waals surface area (Å²) < 4.78 is 0. The molecule has 1 N–H and O–H groups in total. The van der Waals surface area contributed by atoms with Gasteiger partial charge in [-0.2, -0.15) is 0 Å². The van der Waals surface area contributed by atoms with Gasteiger partial charge in [-0.15, -0.1) is 0 Å². The van der Waals surface area contributed by atoms with Gasteiger partial charge in [-0.25, -0.2) is 9.97 Å². The summed E-state index contributed by atoms with van der Waals surface area (Å²) in [6.07, 6.45) is 8.45. The Hall–Kier alpha value is -2.72. The average molecular weight is 456 g/mol. The molecule has 0 unspecified atom stereocenters. The SMILES string of the molecule is Cc1cnc(SCc2cccnc2)nc1[C@@H]1CCCN(C(=O)/C=C2\SC(=O)NC2=O)C1. The van der Waals surface area contributed by atoms with E-state index in [-0.39, 0.29) is 16.7 Å². The minimum Gasteiger partial charge on any atom is -0.338 e. The Balaban J connectivity index is 1.45. The van der Waals surface area contributed by atoms with Crippen molar-refractivity contribution in [3.8, 4) is 0 Å². The standard InChI is InChI=1S/C21H21N5O3S2/c1-13-9-23-20(30-12-14-4-2-6-22-10-14)24-18(13)15-5-3-7-26(11-15)17(27)8-16-19(28)25-21(29)31-16/h2,4,6,8-10,15H,3,5,7,11-12H2,1H3,(H,25,28,29)/b16-8-/t15-/m1/s1. The number of pyridine rings is 1. The molecular formula is C21H21N5O3S2. The van der Waals surface area contributed by atoms with Gasteiger partial charge in [0.05, 0.1) is 10.6 Å². The van der Waals surface area contributed by atoms with Crippen LogP contribution in [0.5, 0.6) is 0 Å². The lowest BCUT2D eigenvalue weighted by molar-refractivity contribution is -0.127. The monoisotopic (exact) mass is 455 g/mol. The topological polar surface area (TPSA) is 105 Å². The molecule has 0 radical (unpaired) electrons. The van der Waals surface area contributed by atoms with Crippen LogP contribution in [-0.2, 0) is 15.3 Å². The first-order valence-corrected chi connectivity index (χ1v) is 11.7. The smallest absolute Gasteiger partial charge is 0.290 e. The van der Waals surface area contributed by atoms with E-state index in [1.165, 1.54) is 6.08 Å². The molecule has 2 aromatic rings. The van der Waals surface area contributed by atoms with Gasteiger partial charge in [-0.05, 0) is 48.7 Å². The summed E-state index contributed by atoms with van der Waals surface area (Å²) in [5.41, 5.74) is 3.06. The van der Waals surface area contributed by atoms with Crippen molar-refractivity contribution in [1.29, 1.82) is 0 Å². The third-order valence-corrected chi connectivity index (χ3v) is 6.84. The lowest BCUT2D eigenvalue weighted by atomic mass is 9.92. The molecule has 2 aromatic heterocycles. The lowest BCUT2D eigenvalue weighted by Gasteiger charge is -2.32. The van der Waals surface area contributed by atoms with Crippen molar-refractivity contribution in [2.75, 3.05) is 13.1 Å². The molecule has 160 valence electrons. The highest BCUT2D eigenvalue weighted by Crippen LogP contribution is 2.30. The van der Waals surface area contributed by atoms with Crippen molar-refractivity contribution in [1.82, 2.24) is 25.2 Å². The number of aromatic nitrogens is 3. The van der Waals surface area contributed by atoms with Crippen molar-refractivity contribution in [2.24, 2.45) is 0 Å². The summed E-state index contributed by atoms with van der Waals surface area (Å²) in [7, 11) is 0. The van der Waals surface area contributed by atoms with Gasteiger partial charge in [0.1, 0.15) is 0 Å². The maximum atomic E-state index is 12.7. The quantitative estimate of drug-likeness (QED) is 0.417. The minimum absolute atomic E-state index is 0.100. The second-order valence-electron chi connectivity index (χ2n) is 7.35. The number of carbonyl (C=O) groups is 3. The predicted molar refractivity (Wildman–Crippen MR) is 118 cm³/mol. The van der Waals surface area contributed by atoms with Crippen LogP contribution in [0.2, 0.25) is 0 Å². The van der Waals surface area contributed by atoms with Crippen LogP contribution in [0.1, 0.15) is 35.6 Å². The number of nitrogens with one attached hydrogen (secondary N) is 1. The fourth-order valence-corrected chi connectivity index (χ4v) is 4.98. The Morgan fingerprint density at radius 3 is 3.00 bits per heavy atom. The number of amides is 3. The Morgan fingerprint density at radius 1 is 1.39 bits per heavy atom. The Labute approximate surface area is 188 Å². The first-order chi connectivity index (χ1) is 15.0. The molecule has 0 aromatic carbocycles. The maximum absolute atomic E-state index is 12.7. The number of hydrogen-bond acceptors (Lipinski definition) is 8. The van der Waals surface area contributed by atoms with E-state index >= 15 is 0 Å². The molecule has 2 fully saturated rings. The van der Waals surface area contributed by atoms with Gasteiger partial charge in [-0.1, -0.05) is 17.8 Å². The first kappa shape index (κ1) is 21.5. The highest BCUT2D eigenvalue weighted by atomic mass is 32.2. The van der Waals surface area contributed by atoms with Crippen LogP contribution in [0.25, 0.3) is 0 Å². The second kappa shape index (κ2) is 9.61. The van der Waals surface area contributed by atoms with Crippen LogP contribution in [0.4, 0.5) is 4.79 Å². The highest BCUT2D eigenvalue weighted by molar-refractivity contribution is 8.18. The zero-order chi connectivity index (χ0) is 21.8. The molecule has 0 bridgehead atoms.